The first-order chi connectivity index (χ1) is 21.6. The molecular weight excluding hydrogens is 670 g/mol. The van der Waals surface area contributed by atoms with Crippen LogP contribution in [0.3, 0.4) is 0 Å². The molecule has 0 spiro atoms. The molecule has 228 valence electrons. The van der Waals surface area contributed by atoms with Crippen molar-refractivity contribution in [1.29, 1.82) is 0 Å². The number of anilines is 1. The van der Waals surface area contributed by atoms with E-state index in [4.69, 9.17) is 25.8 Å². The van der Waals surface area contributed by atoms with Crippen molar-refractivity contribution >= 4 is 62.8 Å². The van der Waals surface area contributed by atoms with Gasteiger partial charge in [-0.2, -0.15) is 0 Å². The topological polar surface area (TPSA) is 137 Å². The Morgan fingerprint density at radius 2 is 1.67 bits per heavy atom. The molecule has 0 saturated carbocycles. The number of non-ortho nitro benzene ring substituents is 1. The summed E-state index contributed by atoms with van der Waals surface area (Å²) in [6, 6.07) is 21.8. The number of carbonyl (C=O) groups is 3. The lowest BCUT2D eigenvalue weighted by molar-refractivity contribution is -0.384. The predicted molar refractivity (Wildman–Crippen MR) is 169 cm³/mol. The molecule has 4 amide bonds. The maximum absolute atomic E-state index is 13.4. The molecule has 0 bridgehead atoms. The van der Waals surface area contributed by atoms with Crippen LogP contribution in [0.4, 0.5) is 16.2 Å². The van der Waals surface area contributed by atoms with Gasteiger partial charge in [-0.1, -0.05) is 29.8 Å². The summed E-state index contributed by atoms with van der Waals surface area (Å²) in [4.78, 5) is 50.2. The van der Waals surface area contributed by atoms with Crippen LogP contribution >= 0.6 is 27.5 Å². The molecule has 4 aromatic rings. The smallest absolute Gasteiger partial charge is 0.335 e. The fourth-order valence-electron chi connectivity index (χ4n) is 4.36. The standard InChI is InChI=1S/C32H23BrClN3O8/c1-43-28-16-20(15-26(33)29(28)45-17-19-6-8-23(9-7-19)37(41)42)14-25-30(38)35-32(40)36(31(25)39)22-10-12-24(13-11-22)44-18-21-4-2-3-5-27(21)34/h2-16H,17-18H2,1H3,(H,35,38,40)/b25-14+. The van der Waals surface area contributed by atoms with Crippen molar-refractivity contribution in [2.75, 3.05) is 12.0 Å². The molecule has 1 aliphatic rings. The first-order valence-corrected chi connectivity index (χ1v) is 14.4. The van der Waals surface area contributed by atoms with Crippen molar-refractivity contribution in [3.63, 3.8) is 0 Å². The minimum atomic E-state index is -0.888. The first kappa shape index (κ1) is 31.2. The maximum atomic E-state index is 13.4. The largest absolute Gasteiger partial charge is 0.493 e. The lowest BCUT2D eigenvalue weighted by atomic mass is 10.1. The van der Waals surface area contributed by atoms with Crippen LogP contribution in [-0.2, 0) is 22.8 Å². The Balaban J connectivity index is 1.33. The van der Waals surface area contributed by atoms with E-state index in [0.29, 0.717) is 37.9 Å². The molecule has 1 saturated heterocycles. The van der Waals surface area contributed by atoms with E-state index in [2.05, 4.69) is 21.2 Å². The zero-order chi connectivity index (χ0) is 32.1. The molecule has 1 fully saturated rings. The number of nitro benzene ring substituents is 1. The number of urea groups is 1. The number of halogens is 2. The normalized spacial score (nSPS) is 13.9. The molecule has 1 N–H and O–H groups in total. The van der Waals surface area contributed by atoms with Gasteiger partial charge in [0.15, 0.2) is 11.5 Å². The Morgan fingerprint density at radius 1 is 0.956 bits per heavy atom. The third-order valence-corrected chi connectivity index (χ3v) is 7.60. The number of amides is 4. The molecule has 1 aliphatic heterocycles. The van der Waals surface area contributed by atoms with Crippen LogP contribution in [-0.4, -0.2) is 29.9 Å². The highest BCUT2D eigenvalue weighted by molar-refractivity contribution is 9.10. The number of rotatable bonds is 10. The first-order valence-electron chi connectivity index (χ1n) is 13.3. The molecular formula is C32H23BrClN3O8. The number of nitrogens with zero attached hydrogens (tertiary/aromatic N) is 2. The Hall–Kier alpha value is -5.20. The van der Waals surface area contributed by atoms with E-state index >= 15 is 0 Å². The Labute approximate surface area is 270 Å². The fraction of sp³-hybridized carbons (Fsp3) is 0.0938. The van der Waals surface area contributed by atoms with Crippen LogP contribution in [0.25, 0.3) is 6.08 Å². The summed E-state index contributed by atoms with van der Waals surface area (Å²) in [7, 11) is 1.43. The summed E-state index contributed by atoms with van der Waals surface area (Å²) < 4.78 is 17.6. The summed E-state index contributed by atoms with van der Waals surface area (Å²) in [5.41, 5.74) is 1.83. The van der Waals surface area contributed by atoms with Gasteiger partial charge in [0.25, 0.3) is 17.5 Å². The van der Waals surface area contributed by atoms with Crippen molar-refractivity contribution in [2.24, 2.45) is 0 Å². The van der Waals surface area contributed by atoms with E-state index in [1.54, 1.807) is 42.5 Å². The molecule has 0 aromatic heterocycles. The molecule has 0 unspecified atom stereocenters. The number of nitro groups is 1. The maximum Gasteiger partial charge on any atom is 0.335 e. The quantitative estimate of drug-likeness (QED) is 0.0825. The van der Waals surface area contributed by atoms with Gasteiger partial charge < -0.3 is 14.2 Å². The molecule has 1 heterocycles. The number of nitrogens with one attached hydrogen (secondary N) is 1. The van der Waals surface area contributed by atoms with Gasteiger partial charge >= 0.3 is 6.03 Å². The number of hydrogen-bond acceptors (Lipinski definition) is 8. The molecule has 4 aromatic carbocycles. The van der Waals surface area contributed by atoms with Crippen LogP contribution in [0, 0.1) is 10.1 Å². The van der Waals surface area contributed by atoms with Crippen LogP contribution in [0.5, 0.6) is 17.2 Å². The number of benzene rings is 4. The van der Waals surface area contributed by atoms with Gasteiger partial charge in [0.1, 0.15) is 24.5 Å². The highest BCUT2D eigenvalue weighted by Crippen LogP contribution is 2.38. The second-order valence-corrected chi connectivity index (χ2v) is 10.8. The van der Waals surface area contributed by atoms with E-state index in [0.717, 1.165) is 10.5 Å². The number of ether oxygens (including phenoxy) is 3. The summed E-state index contributed by atoms with van der Waals surface area (Å²) in [5.74, 6) is -0.548. The van der Waals surface area contributed by atoms with Gasteiger partial charge in [-0.25, -0.2) is 9.69 Å². The van der Waals surface area contributed by atoms with Crippen LogP contribution < -0.4 is 24.4 Å². The van der Waals surface area contributed by atoms with E-state index in [9.17, 15) is 24.5 Å². The Bertz CT molecular complexity index is 1830. The highest BCUT2D eigenvalue weighted by Gasteiger charge is 2.37. The third kappa shape index (κ3) is 7.14. The molecule has 0 atom stereocenters. The van der Waals surface area contributed by atoms with Crippen molar-refractivity contribution in [1.82, 2.24) is 5.32 Å². The van der Waals surface area contributed by atoms with Gasteiger partial charge in [-0.15, -0.1) is 0 Å². The summed E-state index contributed by atoms with van der Waals surface area (Å²) in [6.45, 7) is 0.318. The Morgan fingerprint density at radius 3 is 2.33 bits per heavy atom. The number of carbonyl (C=O) groups excluding carboxylic acids is 3. The second kappa shape index (κ2) is 13.6. The molecule has 11 nitrogen and oxygen atoms in total. The predicted octanol–water partition coefficient (Wildman–Crippen LogP) is 6.84. The van der Waals surface area contributed by atoms with Gasteiger partial charge in [0.05, 0.1) is 22.2 Å². The lowest BCUT2D eigenvalue weighted by Gasteiger charge is -2.26. The monoisotopic (exact) mass is 691 g/mol. The Kier molecular flexibility index (Phi) is 9.45. The van der Waals surface area contributed by atoms with Crippen LogP contribution in [0.1, 0.15) is 16.7 Å². The van der Waals surface area contributed by atoms with E-state index in [-0.39, 0.29) is 30.2 Å². The average Bonchev–Trinajstić information content (AvgIpc) is 3.02. The average molecular weight is 693 g/mol. The van der Waals surface area contributed by atoms with Gasteiger partial charge in [0.2, 0.25) is 0 Å². The molecule has 0 radical (unpaired) electrons. The minimum absolute atomic E-state index is 0.0351. The minimum Gasteiger partial charge on any atom is -0.493 e. The summed E-state index contributed by atoms with van der Waals surface area (Å²) in [6.07, 6.45) is 1.34. The molecule has 45 heavy (non-hydrogen) atoms. The van der Waals surface area contributed by atoms with E-state index < -0.39 is 22.8 Å². The van der Waals surface area contributed by atoms with E-state index in [1.165, 1.54) is 37.5 Å². The molecule has 5 rings (SSSR count). The van der Waals surface area contributed by atoms with Gasteiger partial charge in [-0.3, -0.25) is 25.0 Å². The van der Waals surface area contributed by atoms with Gasteiger partial charge in [-0.05, 0) is 87.7 Å². The molecule has 0 aliphatic carbocycles. The SMILES string of the molecule is COc1cc(/C=C2\C(=O)NC(=O)N(c3ccc(OCc4ccccc4Cl)cc3)C2=O)cc(Br)c1OCc1ccc([N+](=O)[O-])cc1. The van der Waals surface area contributed by atoms with Crippen LogP contribution in [0.15, 0.2) is 95.0 Å². The lowest BCUT2D eigenvalue weighted by Crippen LogP contribution is -2.54. The van der Waals surface area contributed by atoms with Crippen LogP contribution in [0.2, 0.25) is 5.02 Å². The van der Waals surface area contributed by atoms with E-state index in [1.807, 2.05) is 18.2 Å². The molecule has 13 heteroatoms. The fourth-order valence-corrected chi connectivity index (χ4v) is 5.12. The third-order valence-electron chi connectivity index (χ3n) is 6.64. The number of barbiturate groups is 1. The number of imide groups is 2. The van der Waals surface area contributed by atoms with Crippen molar-refractivity contribution in [3.05, 3.63) is 127 Å². The summed E-state index contributed by atoms with van der Waals surface area (Å²) in [5, 5.41) is 13.7. The zero-order valence-corrected chi connectivity index (χ0v) is 25.8. The summed E-state index contributed by atoms with van der Waals surface area (Å²) >= 11 is 9.62. The van der Waals surface area contributed by atoms with Crippen molar-refractivity contribution in [2.45, 2.75) is 13.2 Å². The van der Waals surface area contributed by atoms with Crippen molar-refractivity contribution in [3.8, 4) is 17.2 Å². The van der Waals surface area contributed by atoms with Gasteiger partial charge in [0, 0.05) is 22.7 Å². The second-order valence-electron chi connectivity index (χ2n) is 9.58. The van der Waals surface area contributed by atoms with Crippen molar-refractivity contribution < 1.29 is 33.5 Å². The number of hydrogen-bond donors (Lipinski definition) is 1. The highest BCUT2D eigenvalue weighted by atomic mass is 79.9. The zero-order valence-electron chi connectivity index (χ0n) is 23.5. The number of methoxy groups -OCH3 is 1.